The minimum atomic E-state index is -0.396. The summed E-state index contributed by atoms with van der Waals surface area (Å²) in [6, 6.07) is 7.89. The van der Waals surface area contributed by atoms with E-state index in [9.17, 15) is 10.1 Å². The first kappa shape index (κ1) is 16.2. The van der Waals surface area contributed by atoms with Crippen LogP contribution < -0.4 is 10.2 Å². The van der Waals surface area contributed by atoms with Crippen LogP contribution in [0.4, 0.5) is 23.0 Å². The minimum absolute atomic E-state index is 0.0631. The zero-order valence-electron chi connectivity index (χ0n) is 13.9. The molecule has 1 aromatic heterocycles. The fourth-order valence-corrected chi connectivity index (χ4v) is 3.03. The highest BCUT2D eigenvalue weighted by atomic mass is 16.6. The van der Waals surface area contributed by atoms with Crippen LogP contribution >= 0.6 is 0 Å². The molecular weight excluding hydrogens is 306 g/mol. The highest BCUT2D eigenvalue weighted by Crippen LogP contribution is 2.36. The van der Waals surface area contributed by atoms with Crippen molar-refractivity contribution in [1.29, 1.82) is 0 Å². The molecule has 3 rings (SSSR count). The van der Waals surface area contributed by atoms with Crippen molar-refractivity contribution >= 4 is 23.0 Å². The average molecular weight is 327 g/mol. The van der Waals surface area contributed by atoms with Gasteiger partial charge in [0.2, 0.25) is 11.6 Å². The average Bonchev–Trinajstić information content (AvgIpc) is 2.57. The number of hydrogen-bond acceptors (Lipinski definition) is 6. The maximum absolute atomic E-state index is 11.7. The molecule has 2 aromatic rings. The number of aryl methyl sites for hydroxylation is 1. The SMILES string of the molecule is Cc1ccc(Nc2ncnc(N3CCCCC3C)c2[N+](=O)[O-])cc1. The second kappa shape index (κ2) is 6.82. The zero-order chi connectivity index (χ0) is 17.1. The van der Waals surface area contributed by atoms with Crippen molar-refractivity contribution in [2.24, 2.45) is 0 Å². The van der Waals surface area contributed by atoms with Crippen LogP contribution in [-0.4, -0.2) is 27.5 Å². The molecule has 1 saturated heterocycles. The van der Waals surface area contributed by atoms with E-state index < -0.39 is 4.92 Å². The maximum Gasteiger partial charge on any atom is 0.353 e. The molecule has 0 amide bonds. The molecule has 1 fully saturated rings. The molecule has 1 aliphatic heterocycles. The van der Waals surface area contributed by atoms with Crippen LogP contribution in [0.3, 0.4) is 0 Å². The van der Waals surface area contributed by atoms with E-state index in [0.717, 1.165) is 37.1 Å². The molecule has 0 radical (unpaired) electrons. The van der Waals surface area contributed by atoms with Crippen LogP contribution in [0.15, 0.2) is 30.6 Å². The van der Waals surface area contributed by atoms with Crippen molar-refractivity contribution in [3.05, 3.63) is 46.3 Å². The summed E-state index contributed by atoms with van der Waals surface area (Å²) in [5.74, 6) is 0.628. The van der Waals surface area contributed by atoms with E-state index in [0.29, 0.717) is 5.82 Å². The van der Waals surface area contributed by atoms with Gasteiger partial charge < -0.3 is 10.2 Å². The largest absolute Gasteiger partial charge is 0.353 e. The molecule has 1 aliphatic rings. The zero-order valence-corrected chi connectivity index (χ0v) is 13.9. The minimum Gasteiger partial charge on any atom is -0.348 e. The van der Waals surface area contributed by atoms with E-state index in [1.165, 1.54) is 6.33 Å². The number of nitrogens with zero attached hydrogens (tertiary/aromatic N) is 4. The summed E-state index contributed by atoms with van der Waals surface area (Å²) < 4.78 is 0. The van der Waals surface area contributed by atoms with Crippen LogP contribution in [0, 0.1) is 17.0 Å². The van der Waals surface area contributed by atoms with Gasteiger partial charge in [-0.15, -0.1) is 0 Å². The molecule has 1 unspecified atom stereocenters. The van der Waals surface area contributed by atoms with Gasteiger partial charge in [-0.2, -0.15) is 0 Å². The van der Waals surface area contributed by atoms with Crippen molar-refractivity contribution in [2.75, 3.05) is 16.8 Å². The third-order valence-corrected chi connectivity index (χ3v) is 4.37. The van der Waals surface area contributed by atoms with Crippen LogP contribution in [-0.2, 0) is 0 Å². The number of anilines is 3. The molecule has 1 atom stereocenters. The van der Waals surface area contributed by atoms with Gasteiger partial charge in [0.25, 0.3) is 0 Å². The third kappa shape index (κ3) is 3.29. The Labute approximate surface area is 140 Å². The van der Waals surface area contributed by atoms with Gasteiger partial charge in [0.05, 0.1) is 4.92 Å². The van der Waals surface area contributed by atoms with Crippen molar-refractivity contribution in [1.82, 2.24) is 9.97 Å². The summed E-state index contributed by atoms with van der Waals surface area (Å²) in [7, 11) is 0. The Hall–Kier alpha value is -2.70. The molecule has 7 heteroatoms. The first-order valence-electron chi connectivity index (χ1n) is 8.16. The molecule has 1 aromatic carbocycles. The number of aromatic nitrogens is 2. The van der Waals surface area contributed by atoms with E-state index in [1.54, 1.807) is 0 Å². The Bertz CT molecular complexity index is 732. The van der Waals surface area contributed by atoms with Crippen molar-refractivity contribution in [3.63, 3.8) is 0 Å². The number of piperidine rings is 1. The van der Waals surface area contributed by atoms with Crippen LogP contribution in [0.25, 0.3) is 0 Å². The van der Waals surface area contributed by atoms with Crippen molar-refractivity contribution in [3.8, 4) is 0 Å². The monoisotopic (exact) mass is 327 g/mol. The lowest BCUT2D eigenvalue weighted by Crippen LogP contribution is -2.38. The first-order valence-corrected chi connectivity index (χ1v) is 8.16. The number of nitro groups is 1. The molecular formula is C17H21N5O2. The summed E-state index contributed by atoms with van der Waals surface area (Å²) >= 11 is 0. The van der Waals surface area contributed by atoms with E-state index >= 15 is 0 Å². The molecule has 7 nitrogen and oxygen atoms in total. The first-order chi connectivity index (χ1) is 11.6. The third-order valence-electron chi connectivity index (χ3n) is 4.37. The molecule has 2 heterocycles. The summed E-state index contributed by atoms with van der Waals surface area (Å²) in [5.41, 5.74) is 1.83. The smallest absolute Gasteiger partial charge is 0.348 e. The van der Waals surface area contributed by atoms with E-state index in [4.69, 9.17) is 0 Å². The Balaban J connectivity index is 1.98. The highest BCUT2D eigenvalue weighted by Gasteiger charge is 2.30. The predicted molar refractivity (Wildman–Crippen MR) is 93.8 cm³/mol. The van der Waals surface area contributed by atoms with Crippen molar-refractivity contribution < 1.29 is 4.92 Å². The summed E-state index contributed by atoms with van der Waals surface area (Å²) in [6.45, 7) is 4.85. The van der Waals surface area contributed by atoms with Gasteiger partial charge in [0.15, 0.2) is 0 Å². The normalized spacial score (nSPS) is 17.6. The Kier molecular flexibility index (Phi) is 4.59. The summed E-state index contributed by atoms with van der Waals surface area (Å²) in [6.07, 6.45) is 4.57. The van der Waals surface area contributed by atoms with Gasteiger partial charge in [-0.25, -0.2) is 9.97 Å². The Morgan fingerprint density at radius 2 is 2.00 bits per heavy atom. The maximum atomic E-state index is 11.7. The van der Waals surface area contributed by atoms with Gasteiger partial charge in [-0.3, -0.25) is 10.1 Å². The van der Waals surface area contributed by atoms with E-state index in [1.807, 2.05) is 36.1 Å². The highest BCUT2D eigenvalue weighted by molar-refractivity contribution is 5.74. The molecule has 1 N–H and O–H groups in total. The Morgan fingerprint density at radius 3 is 2.67 bits per heavy atom. The molecule has 0 saturated carbocycles. The Morgan fingerprint density at radius 1 is 1.25 bits per heavy atom. The lowest BCUT2D eigenvalue weighted by Gasteiger charge is -2.33. The lowest BCUT2D eigenvalue weighted by atomic mass is 10.0. The standard InChI is InChI=1S/C17H21N5O2/c1-12-6-8-14(9-7-12)20-16-15(22(23)24)17(19-11-18-16)21-10-4-3-5-13(21)2/h6-9,11,13H,3-5,10H2,1-2H3,(H,18,19,20). The second-order valence-electron chi connectivity index (χ2n) is 6.18. The molecule has 24 heavy (non-hydrogen) atoms. The van der Waals surface area contributed by atoms with Crippen molar-refractivity contribution in [2.45, 2.75) is 39.2 Å². The summed E-state index contributed by atoms with van der Waals surface area (Å²) in [5, 5.41) is 14.8. The quantitative estimate of drug-likeness (QED) is 0.679. The van der Waals surface area contributed by atoms with Crippen LogP contribution in [0.2, 0.25) is 0 Å². The van der Waals surface area contributed by atoms with Crippen LogP contribution in [0.5, 0.6) is 0 Å². The molecule has 0 aliphatic carbocycles. The fourth-order valence-electron chi connectivity index (χ4n) is 3.03. The van der Waals surface area contributed by atoms with Gasteiger partial charge in [-0.1, -0.05) is 17.7 Å². The molecule has 0 bridgehead atoms. The second-order valence-corrected chi connectivity index (χ2v) is 6.18. The number of hydrogen-bond donors (Lipinski definition) is 1. The van der Waals surface area contributed by atoms with E-state index in [-0.39, 0.29) is 17.5 Å². The van der Waals surface area contributed by atoms with Gasteiger partial charge in [-0.05, 0) is 45.2 Å². The number of rotatable bonds is 4. The lowest BCUT2D eigenvalue weighted by molar-refractivity contribution is -0.383. The topological polar surface area (TPSA) is 84.2 Å². The van der Waals surface area contributed by atoms with Gasteiger partial charge in [0.1, 0.15) is 6.33 Å². The number of benzene rings is 1. The van der Waals surface area contributed by atoms with Gasteiger partial charge in [0, 0.05) is 18.3 Å². The summed E-state index contributed by atoms with van der Waals surface area (Å²) in [4.78, 5) is 21.6. The van der Waals surface area contributed by atoms with Gasteiger partial charge >= 0.3 is 5.69 Å². The molecule has 0 spiro atoms. The molecule has 126 valence electrons. The van der Waals surface area contributed by atoms with Crippen LogP contribution in [0.1, 0.15) is 31.7 Å². The number of nitrogens with one attached hydrogen (secondary N) is 1. The predicted octanol–water partition coefficient (Wildman–Crippen LogP) is 3.82. The fraction of sp³-hybridized carbons (Fsp3) is 0.412. The van der Waals surface area contributed by atoms with E-state index in [2.05, 4.69) is 22.2 Å².